The molecule has 0 fully saturated rings. The Morgan fingerprint density at radius 3 is 2.25 bits per heavy atom. The molecule has 0 bridgehead atoms. The minimum atomic E-state index is -0.388. The minimum absolute atomic E-state index is 0.388. The minimum Gasteiger partial charge on any atom is -0.493 e. The van der Waals surface area contributed by atoms with Crippen molar-refractivity contribution >= 4 is 23.2 Å². The SMILES string of the molecule is COc1cc(Cl)c(C(N)c2cccc(Cl)c2)cc1OC. The fraction of sp³-hybridized carbons (Fsp3) is 0.200. The second-order valence-corrected chi connectivity index (χ2v) is 5.11. The van der Waals surface area contributed by atoms with Gasteiger partial charge in [0.25, 0.3) is 0 Å². The molecular formula is C15H15Cl2NO2. The molecule has 3 nitrogen and oxygen atoms in total. The molecule has 20 heavy (non-hydrogen) atoms. The third-order valence-electron chi connectivity index (χ3n) is 3.05. The summed E-state index contributed by atoms with van der Waals surface area (Å²) in [5.41, 5.74) is 7.90. The molecule has 2 rings (SSSR count). The lowest BCUT2D eigenvalue weighted by molar-refractivity contribution is 0.354. The van der Waals surface area contributed by atoms with Crippen LogP contribution in [0, 0.1) is 0 Å². The molecule has 0 aromatic heterocycles. The second kappa shape index (κ2) is 6.35. The van der Waals surface area contributed by atoms with Gasteiger partial charge in [-0.05, 0) is 29.3 Å². The monoisotopic (exact) mass is 311 g/mol. The molecule has 1 unspecified atom stereocenters. The summed E-state index contributed by atoms with van der Waals surface area (Å²) < 4.78 is 10.5. The number of rotatable bonds is 4. The second-order valence-electron chi connectivity index (χ2n) is 4.26. The summed E-state index contributed by atoms with van der Waals surface area (Å²) in [5, 5.41) is 1.16. The first kappa shape index (κ1) is 15.0. The van der Waals surface area contributed by atoms with Crippen LogP contribution >= 0.6 is 23.2 Å². The van der Waals surface area contributed by atoms with Crippen molar-refractivity contribution in [3.63, 3.8) is 0 Å². The number of nitrogens with two attached hydrogens (primary N) is 1. The summed E-state index contributed by atoms with van der Waals surface area (Å²) in [6.07, 6.45) is 0. The first-order chi connectivity index (χ1) is 9.56. The highest BCUT2D eigenvalue weighted by Gasteiger charge is 2.17. The number of ether oxygens (including phenoxy) is 2. The molecule has 0 radical (unpaired) electrons. The Morgan fingerprint density at radius 2 is 1.65 bits per heavy atom. The molecule has 0 aliphatic heterocycles. The molecule has 2 aromatic rings. The summed E-state index contributed by atoms with van der Waals surface area (Å²) in [7, 11) is 3.13. The van der Waals surface area contributed by atoms with Crippen molar-refractivity contribution in [3.05, 3.63) is 57.6 Å². The zero-order valence-corrected chi connectivity index (χ0v) is 12.7. The van der Waals surface area contributed by atoms with Crippen molar-refractivity contribution in [1.29, 1.82) is 0 Å². The van der Waals surface area contributed by atoms with E-state index in [1.165, 1.54) is 0 Å². The van der Waals surface area contributed by atoms with Gasteiger partial charge < -0.3 is 15.2 Å². The highest BCUT2D eigenvalue weighted by molar-refractivity contribution is 6.31. The first-order valence-corrected chi connectivity index (χ1v) is 6.75. The predicted molar refractivity (Wildman–Crippen MR) is 82.0 cm³/mol. The summed E-state index contributed by atoms with van der Waals surface area (Å²) >= 11 is 12.3. The van der Waals surface area contributed by atoms with Gasteiger partial charge in [-0.1, -0.05) is 35.3 Å². The number of hydrogen-bond donors (Lipinski definition) is 1. The van der Waals surface area contributed by atoms with Gasteiger partial charge in [0.15, 0.2) is 11.5 Å². The lowest BCUT2D eigenvalue weighted by atomic mass is 9.99. The molecule has 2 aromatic carbocycles. The Morgan fingerprint density at radius 1 is 1.00 bits per heavy atom. The van der Waals surface area contributed by atoms with Crippen LogP contribution in [0.25, 0.3) is 0 Å². The Bertz CT molecular complexity index is 617. The lowest BCUT2D eigenvalue weighted by Gasteiger charge is -2.17. The first-order valence-electron chi connectivity index (χ1n) is 5.99. The van der Waals surface area contributed by atoms with Gasteiger partial charge in [0, 0.05) is 16.1 Å². The van der Waals surface area contributed by atoms with Gasteiger partial charge in [-0.25, -0.2) is 0 Å². The largest absolute Gasteiger partial charge is 0.493 e. The fourth-order valence-corrected chi connectivity index (χ4v) is 2.46. The molecule has 0 saturated carbocycles. The van der Waals surface area contributed by atoms with Crippen LogP contribution in [0.4, 0.5) is 0 Å². The van der Waals surface area contributed by atoms with Crippen molar-refractivity contribution in [2.75, 3.05) is 14.2 Å². The molecule has 0 aliphatic carbocycles. The molecule has 0 aliphatic rings. The van der Waals surface area contributed by atoms with Crippen LogP contribution in [0.5, 0.6) is 11.5 Å². The Kier molecular flexibility index (Phi) is 4.76. The van der Waals surface area contributed by atoms with Gasteiger partial charge in [0.2, 0.25) is 0 Å². The van der Waals surface area contributed by atoms with Crippen molar-refractivity contribution in [2.24, 2.45) is 5.73 Å². The van der Waals surface area contributed by atoms with Crippen LogP contribution in [0.3, 0.4) is 0 Å². The van der Waals surface area contributed by atoms with Crippen LogP contribution < -0.4 is 15.2 Å². The highest BCUT2D eigenvalue weighted by atomic mass is 35.5. The summed E-state index contributed by atoms with van der Waals surface area (Å²) in [6, 6.07) is 10.5. The van der Waals surface area contributed by atoms with Gasteiger partial charge in [-0.3, -0.25) is 0 Å². The van der Waals surface area contributed by atoms with Crippen LogP contribution in [0.2, 0.25) is 10.0 Å². The maximum atomic E-state index is 6.27. The molecule has 0 amide bonds. The van der Waals surface area contributed by atoms with E-state index in [0.717, 1.165) is 11.1 Å². The van der Waals surface area contributed by atoms with E-state index in [1.807, 2.05) is 18.2 Å². The average Bonchev–Trinajstić information content (AvgIpc) is 2.46. The van der Waals surface area contributed by atoms with E-state index in [4.69, 9.17) is 38.4 Å². The molecule has 5 heteroatoms. The van der Waals surface area contributed by atoms with Crippen LogP contribution in [-0.4, -0.2) is 14.2 Å². The van der Waals surface area contributed by atoms with Crippen molar-refractivity contribution in [3.8, 4) is 11.5 Å². The van der Waals surface area contributed by atoms with E-state index in [9.17, 15) is 0 Å². The molecule has 1 atom stereocenters. The predicted octanol–water partition coefficient (Wildman–Crippen LogP) is 4.06. The molecular weight excluding hydrogens is 297 g/mol. The number of methoxy groups -OCH3 is 2. The number of benzene rings is 2. The van der Waals surface area contributed by atoms with Crippen molar-refractivity contribution < 1.29 is 9.47 Å². The van der Waals surface area contributed by atoms with Gasteiger partial charge in [-0.15, -0.1) is 0 Å². The van der Waals surface area contributed by atoms with E-state index in [0.29, 0.717) is 21.5 Å². The quantitative estimate of drug-likeness (QED) is 0.926. The summed E-state index contributed by atoms with van der Waals surface area (Å²) in [6.45, 7) is 0. The zero-order valence-electron chi connectivity index (χ0n) is 11.2. The maximum Gasteiger partial charge on any atom is 0.162 e. The molecule has 0 spiro atoms. The Labute approximate surface area is 128 Å². The van der Waals surface area contributed by atoms with E-state index in [2.05, 4.69) is 0 Å². The average molecular weight is 312 g/mol. The van der Waals surface area contributed by atoms with E-state index < -0.39 is 0 Å². The van der Waals surface area contributed by atoms with Crippen molar-refractivity contribution in [2.45, 2.75) is 6.04 Å². The lowest BCUT2D eigenvalue weighted by Crippen LogP contribution is -2.12. The normalized spacial score (nSPS) is 12.1. The fourth-order valence-electron chi connectivity index (χ4n) is 1.99. The molecule has 0 heterocycles. The van der Waals surface area contributed by atoms with E-state index >= 15 is 0 Å². The molecule has 2 N–H and O–H groups in total. The molecule has 0 saturated heterocycles. The Balaban J connectivity index is 2.46. The van der Waals surface area contributed by atoms with Gasteiger partial charge in [0.1, 0.15) is 0 Å². The smallest absolute Gasteiger partial charge is 0.162 e. The van der Waals surface area contributed by atoms with E-state index in [1.54, 1.807) is 32.4 Å². The van der Waals surface area contributed by atoms with E-state index in [-0.39, 0.29) is 6.04 Å². The van der Waals surface area contributed by atoms with Gasteiger partial charge in [-0.2, -0.15) is 0 Å². The topological polar surface area (TPSA) is 44.5 Å². The standard InChI is InChI=1S/C15H15Cl2NO2/c1-19-13-7-11(12(17)8-14(13)20-2)15(18)9-4-3-5-10(16)6-9/h3-8,15H,18H2,1-2H3. The van der Waals surface area contributed by atoms with Crippen molar-refractivity contribution in [1.82, 2.24) is 0 Å². The zero-order chi connectivity index (χ0) is 14.7. The Hall–Kier alpha value is -1.42. The molecule has 106 valence electrons. The maximum absolute atomic E-state index is 6.27. The van der Waals surface area contributed by atoms with Crippen LogP contribution in [0.15, 0.2) is 36.4 Å². The number of halogens is 2. The van der Waals surface area contributed by atoms with Crippen LogP contribution in [0.1, 0.15) is 17.2 Å². The summed E-state index contributed by atoms with van der Waals surface area (Å²) in [4.78, 5) is 0. The van der Waals surface area contributed by atoms with Crippen LogP contribution in [-0.2, 0) is 0 Å². The third-order valence-corrected chi connectivity index (χ3v) is 3.61. The van der Waals surface area contributed by atoms with Gasteiger partial charge >= 0.3 is 0 Å². The number of hydrogen-bond acceptors (Lipinski definition) is 3. The summed E-state index contributed by atoms with van der Waals surface area (Å²) in [5.74, 6) is 1.16. The highest BCUT2D eigenvalue weighted by Crippen LogP contribution is 2.37. The van der Waals surface area contributed by atoms with Gasteiger partial charge in [0.05, 0.1) is 20.3 Å². The third kappa shape index (κ3) is 3.01.